The van der Waals surface area contributed by atoms with Crippen LogP contribution in [0.25, 0.3) is 33.6 Å². The molecular weight excluding hydrogens is 651 g/mol. The van der Waals surface area contributed by atoms with Crippen LogP contribution in [0.2, 0.25) is 10.0 Å². The van der Waals surface area contributed by atoms with Gasteiger partial charge in [-0.2, -0.15) is 0 Å². The molecule has 2 unspecified atom stereocenters. The van der Waals surface area contributed by atoms with Crippen molar-refractivity contribution in [2.24, 2.45) is 0 Å². The Hall–Kier alpha value is -4.22. The number of aromatic nitrogens is 2. The maximum Gasteiger partial charge on any atom is 0.220 e. The standard InChI is InChI=1S/C36H38Cl2N6O4/c1-47-26-15-21(17-39-19-24-7-10-31(45)42-24)14-23(16-26)35-34(38)28(12-13-41-35)27-4-3-5-29(33(27)37)30-9-6-22(36(44-30)48-2)18-40-20-25-8-11-32(46)43-25/h3-6,9,12-16,24-25,39-40H,7-8,10-11,17-20H2,1-2H3,(H,42,45)(H,43,46). The minimum atomic E-state index is 0.0973. The first-order chi connectivity index (χ1) is 23.3. The molecule has 4 N–H and O–H groups in total. The summed E-state index contributed by atoms with van der Waals surface area (Å²) in [4.78, 5) is 32.5. The zero-order valence-corrected chi connectivity index (χ0v) is 28.4. The lowest BCUT2D eigenvalue weighted by Gasteiger charge is -2.16. The molecule has 2 aliphatic rings. The molecule has 0 saturated carbocycles. The third kappa shape index (κ3) is 7.73. The lowest BCUT2D eigenvalue weighted by Crippen LogP contribution is -2.35. The van der Waals surface area contributed by atoms with Gasteiger partial charge in [-0.25, -0.2) is 4.98 Å². The van der Waals surface area contributed by atoms with Gasteiger partial charge in [-0.3, -0.25) is 14.6 Å². The minimum Gasteiger partial charge on any atom is -0.497 e. The van der Waals surface area contributed by atoms with Gasteiger partial charge in [-0.1, -0.05) is 47.5 Å². The molecular formula is C36H38Cl2N6O4. The van der Waals surface area contributed by atoms with Crippen LogP contribution < -0.4 is 30.7 Å². The number of ether oxygens (including phenoxy) is 2. The van der Waals surface area contributed by atoms with Crippen molar-refractivity contribution < 1.29 is 19.1 Å². The molecule has 10 nitrogen and oxygen atoms in total. The van der Waals surface area contributed by atoms with Gasteiger partial charge < -0.3 is 30.7 Å². The molecule has 250 valence electrons. The molecule has 4 heterocycles. The first-order valence-electron chi connectivity index (χ1n) is 16.0. The summed E-state index contributed by atoms with van der Waals surface area (Å²) in [6.45, 7) is 2.50. The predicted octanol–water partition coefficient (Wildman–Crippen LogP) is 5.54. The molecule has 0 bridgehead atoms. The molecule has 2 fully saturated rings. The van der Waals surface area contributed by atoms with Crippen LogP contribution in [0.3, 0.4) is 0 Å². The van der Waals surface area contributed by atoms with Crippen LogP contribution in [0, 0.1) is 0 Å². The van der Waals surface area contributed by atoms with E-state index in [1.807, 2.05) is 54.6 Å². The maximum absolute atomic E-state index is 11.6. The summed E-state index contributed by atoms with van der Waals surface area (Å²) in [5.74, 6) is 1.38. The number of rotatable bonds is 13. The van der Waals surface area contributed by atoms with Crippen molar-refractivity contribution in [3.8, 4) is 45.3 Å². The number of benzene rings is 2. The second kappa shape index (κ2) is 15.3. The zero-order valence-electron chi connectivity index (χ0n) is 26.9. The van der Waals surface area contributed by atoms with Gasteiger partial charge in [0.25, 0.3) is 0 Å². The molecule has 6 rings (SSSR count). The highest BCUT2D eigenvalue weighted by atomic mass is 35.5. The number of pyridine rings is 2. The van der Waals surface area contributed by atoms with Crippen LogP contribution in [0.4, 0.5) is 0 Å². The third-order valence-corrected chi connectivity index (χ3v) is 9.45. The maximum atomic E-state index is 11.6. The Balaban J connectivity index is 1.23. The highest BCUT2D eigenvalue weighted by Crippen LogP contribution is 2.42. The molecule has 4 aromatic rings. The average molecular weight is 690 g/mol. The van der Waals surface area contributed by atoms with Crippen molar-refractivity contribution in [2.45, 2.75) is 50.9 Å². The van der Waals surface area contributed by atoms with Crippen molar-refractivity contribution in [2.75, 3.05) is 27.3 Å². The first-order valence-corrected chi connectivity index (χ1v) is 16.7. The predicted molar refractivity (Wildman–Crippen MR) is 187 cm³/mol. The van der Waals surface area contributed by atoms with Crippen molar-refractivity contribution >= 4 is 35.0 Å². The van der Waals surface area contributed by atoms with Gasteiger partial charge in [0, 0.05) is 85.1 Å². The number of nitrogens with zero attached hydrogens (tertiary/aromatic N) is 2. The fraction of sp³-hybridized carbons (Fsp3) is 0.333. The van der Waals surface area contributed by atoms with E-state index >= 15 is 0 Å². The van der Waals surface area contributed by atoms with Gasteiger partial charge in [-0.15, -0.1) is 0 Å². The number of hydrogen-bond donors (Lipinski definition) is 4. The van der Waals surface area contributed by atoms with Crippen LogP contribution in [-0.4, -0.2) is 61.2 Å². The second-order valence-electron chi connectivity index (χ2n) is 12.0. The highest BCUT2D eigenvalue weighted by molar-refractivity contribution is 6.39. The Labute approximate surface area is 289 Å². The molecule has 2 saturated heterocycles. The van der Waals surface area contributed by atoms with Crippen molar-refractivity contribution in [1.29, 1.82) is 0 Å². The Morgan fingerprint density at radius 3 is 2.17 bits per heavy atom. The van der Waals surface area contributed by atoms with E-state index in [4.69, 9.17) is 37.7 Å². The molecule has 2 aromatic heterocycles. The van der Waals surface area contributed by atoms with Gasteiger partial charge >= 0.3 is 0 Å². The van der Waals surface area contributed by atoms with Crippen LogP contribution >= 0.6 is 23.2 Å². The highest BCUT2D eigenvalue weighted by Gasteiger charge is 2.22. The molecule has 2 aliphatic heterocycles. The summed E-state index contributed by atoms with van der Waals surface area (Å²) < 4.78 is 11.3. The number of methoxy groups -OCH3 is 2. The molecule has 0 aliphatic carbocycles. The summed E-state index contributed by atoms with van der Waals surface area (Å²) in [6.07, 6.45) is 4.53. The average Bonchev–Trinajstić information content (AvgIpc) is 3.71. The van der Waals surface area contributed by atoms with Crippen LogP contribution in [0.15, 0.2) is 60.8 Å². The van der Waals surface area contributed by atoms with Gasteiger partial charge in [0.1, 0.15) is 5.75 Å². The fourth-order valence-corrected chi connectivity index (χ4v) is 6.82. The van der Waals surface area contributed by atoms with E-state index in [1.165, 1.54) is 0 Å². The van der Waals surface area contributed by atoms with Gasteiger partial charge in [0.2, 0.25) is 17.7 Å². The van der Waals surface area contributed by atoms with Crippen molar-refractivity contribution in [3.63, 3.8) is 0 Å². The van der Waals surface area contributed by atoms with Crippen molar-refractivity contribution in [3.05, 3.63) is 82.0 Å². The lowest BCUT2D eigenvalue weighted by atomic mass is 9.99. The molecule has 2 aromatic carbocycles. The Kier molecular flexibility index (Phi) is 10.8. The van der Waals surface area contributed by atoms with E-state index in [9.17, 15) is 9.59 Å². The number of halogens is 2. The summed E-state index contributed by atoms with van der Waals surface area (Å²) >= 11 is 14.2. The summed E-state index contributed by atoms with van der Waals surface area (Å²) in [5.41, 5.74) is 6.20. The molecule has 48 heavy (non-hydrogen) atoms. The van der Waals surface area contributed by atoms with E-state index in [1.54, 1.807) is 20.4 Å². The van der Waals surface area contributed by atoms with E-state index in [-0.39, 0.29) is 23.9 Å². The molecule has 2 amide bonds. The quantitative estimate of drug-likeness (QED) is 0.144. The summed E-state index contributed by atoms with van der Waals surface area (Å²) in [5, 5.41) is 13.7. The number of hydrogen-bond acceptors (Lipinski definition) is 8. The molecule has 0 radical (unpaired) electrons. The monoisotopic (exact) mass is 688 g/mol. The fourth-order valence-electron chi connectivity index (χ4n) is 6.17. The Morgan fingerprint density at radius 2 is 1.50 bits per heavy atom. The van der Waals surface area contributed by atoms with Gasteiger partial charge in [-0.05, 0) is 48.7 Å². The molecule has 0 spiro atoms. The number of amides is 2. The second-order valence-corrected chi connectivity index (χ2v) is 12.7. The normalized spacial score (nSPS) is 17.3. The summed E-state index contributed by atoms with van der Waals surface area (Å²) in [7, 11) is 3.22. The zero-order chi connectivity index (χ0) is 33.6. The van der Waals surface area contributed by atoms with Gasteiger partial charge in [0.05, 0.1) is 35.7 Å². The lowest BCUT2D eigenvalue weighted by molar-refractivity contribution is -0.120. The number of carbonyl (C=O) groups is 2. The van der Waals surface area contributed by atoms with Crippen LogP contribution in [0.5, 0.6) is 11.6 Å². The molecule has 2 atom stereocenters. The Bertz CT molecular complexity index is 1820. The smallest absolute Gasteiger partial charge is 0.220 e. The Morgan fingerprint density at radius 1 is 0.812 bits per heavy atom. The summed E-state index contributed by atoms with van der Waals surface area (Å²) in [6, 6.07) is 17.7. The van der Waals surface area contributed by atoms with Crippen LogP contribution in [-0.2, 0) is 22.7 Å². The topological polar surface area (TPSA) is 126 Å². The van der Waals surface area contributed by atoms with Crippen LogP contribution in [0.1, 0.15) is 36.8 Å². The third-order valence-electron chi connectivity index (χ3n) is 8.66. The van der Waals surface area contributed by atoms with E-state index in [0.717, 1.165) is 46.2 Å². The van der Waals surface area contributed by atoms with Crippen molar-refractivity contribution in [1.82, 2.24) is 31.2 Å². The molecule has 12 heteroatoms. The minimum absolute atomic E-state index is 0.0973. The van der Waals surface area contributed by atoms with E-state index in [2.05, 4.69) is 26.3 Å². The first kappa shape index (κ1) is 33.7. The SMILES string of the molecule is COc1cc(CNCC2CCC(=O)N2)cc(-c2nccc(-c3cccc(-c4ccc(CNCC5CCC(=O)N5)c(OC)n4)c3Cl)c2Cl)c1. The van der Waals surface area contributed by atoms with E-state index < -0.39 is 0 Å². The number of nitrogens with one attached hydrogen (secondary N) is 4. The largest absolute Gasteiger partial charge is 0.497 e. The van der Waals surface area contributed by atoms with Gasteiger partial charge in [0.15, 0.2) is 0 Å². The number of carbonyl (C=O) groups excluding carboxylic acids is 2. The van der Waals surface area contributed by atoms with E-state index in [0.29, 0.717) is 72.1 Å².